The highest BCUT2D eigenvalue weighted by atomic mass is 16.7. The molecular formula is C17H26O4. The Morgan fingerprint density at radius 1 is 1.19 bits per heavy atom. The van der Waals surface area contributed by atoms with Crippen molar-refractivity contribution >= 4 is 0 Å². The Labute approximate surface area is 127 Å². The average Bonchev–Trinajstić information content (AvgIpc) is 2.54. The molecule has 118 valence electrons. The van der Waals surface area contributed by atoms with Gasteiger partial charge in [-0.3, -0.25) is 0 Å². The predicted molar refractivity (Wildman–Crippen MR) is 81.1 cm³/mol. The van der Waals surface area contributed by atoms with E-state index in [9.17, 15) is 0 Å². The lowest BCUT2D eigenvalue weighted by Crippen LogP contribution is -2.25. The minimum absolute atomic E-state index is 0.0352. The second-order valence-electron chi connectivity index (χ2n) is 5.35. The monoisotopic (exact) mass is 294 g/mol. The number of ether oxygens (including phenoxy) is 4. The molecule has 1 aliphatic rings. The summed E-state index contributed by atoms with van der Waals surface area (Å²) in [6.07, 6.45) is 3.37. The molecule has 1 saturated heterocycles. The van der Waals surface area contributed by atoms with Crippen molar-refractivity contribution in [3.63, 3.8) is 0 Å². The standard InChI is InChI=1S/C17H26O4/c1-15(13-18-14-16-7-3-2-4-8-16)19-11-12-21-17-9-5-6-10-20-17/h2-4,7-8,15,17H,5-6,9-14H2,1H3/t15-,17?/m1/s1. The summed E-state index contributed by atoms with van der Waals surface area (Å²) in [5, 5.41) is 0. The first-order valence-corrected chi connectivity index (χ1v) is 7.81. The zero-order chi connectivity index (χ0) is 14.8. The van der Waals surface area contributed by atoms with Crippen molar-refractivity contribution in [2.24, 2.45) is 0 Å². The van der Waals surface area contributed by atoms with Crippen LogP contribution in [0.3, 0.4) is 0 Å². The Morgan fingerprint density at radius 3 is 2.81 bits per heavy atom. The third kappa shape index (κ3) is 7.05. The van der Waals surface area contributed by atoms with Crippen LogP contribution in [0.15, 0.2) is 30.3 Å². The van der Waals surface area contributed by atoms with Crippen molar-refractivity contribution < 1.29 is 18.9 Å². The molecule has 0 N–H and O–H groups in total. The predicted octanol–water partition coefficient (Wildman–Crippen LogP) is 3.15. The molecule has 4 heteroatoms. The fraction of sp³-hybridized carbons (Fsp3) is 0.647. The molecule has 0 amide bonds. The fourth-order valence-electron chi connectivity index (χ4n) is 2.24. The number of rotatable bonds is 9. The van der Waals surface area contributed by atoms with E-state index < -0.39 is 0 Å². The van der Waals surface area contributed by atoms with Gasteiger partial charge in [-0.15, -0.1) is 0 Å². The Balaban J connectivity index is 1.46. The molecule has 0 bridgehead atoms. The minimum Gasteiger partial charge on any atom is -0.374 e. The van der Waals surface area contributed by atoms with Crippen LogP contribution in [0.2, 0.25) is 0 Å². The smallest absolute Gasteiger partial charge is 0.157 e. The lowest BCUT2D eigenvalue weighted by atomic mass is 10.2. The summed E-state index contributed by atoms with van der Waals surface area (Å²) in [5.74, 6) is 0. The van der Waals surface area contributed by atoms with Crippen LogP contribution in [0.25, 0.3) is 0 Å². The Hall–Kier alpha value is -0.940. The van der Waals surface area contributed by atoms with Crippen LogP contribution in [0, 0.1) is 0 Å². The lowest BCUT2D eigenvalue weighted by molar-refractivity contribution is -0.172. The van der Waals surface area contributed by atoms with Gasteiger partial charge in [-0.1, -0.05) is 30.3 Å². The second-order valence-corrected chi connectivity index (χ2v) is 5.35. The summed E-state index contributed by atoms with van der Waals surface area (Å²) in [7, 11) is 0. The molecule has 0 aliphatic carbocycles. The quantitative estimate of drug-likeness (QED) is 0.656. The van der Waals surface area contributed by atoms with Crippen LogP contribution in [-0.4, -0.2) is 38.8 Å². The SMILES string of the molecule is C[C@H](COCc1ccccc1)OCCOC1CCCCO1. The van der Waals surface area contributed by atoms with Gasteiger partial charge in [0.25, 0.3) is 0 Å². The van der Waals surface area contributed by atoms with Crippen molar-refractivity contribution in [3.8, 4) is 0 Å². The van der Waals surface area contributed by atoms with Crippen molar-refractivity contribution in [3.05, 3.63) is 35.9 Å². The first-order chi connectivity index (χ1) is 10.3. The molecular weight excluding hydrogens is 268 g/mol. The molecule has 1 aromatic carbocycles. The van der Waals surface area contributed by atoms with E-state index in [1.807, 2.05) is 25.1 Å². The van der Waals surface area contributed by atoms with E-state index in [0.29, 0.717) is 26.4 Å². The fourth-order valence-corrected chi connectivity index (χ4v) is 2.24. The van der Waals surface area contributed by atoms with Gasteiger partial charge in [0, 0.05) is 6.61 Å². The van der Waals surface area contributed by atoms with E-state index >= 15 is 0 Å². The van der Waals surface area contributed by atoms with Gasteiger partial charge in [0.2, 0.25) is 0 Å². The van der Waals surface area contributed by atoms with Gasteiger partial charge in [-0.25, -0.2) is 0 Å². The highest BCUT2D eigenvalue weighted by Crippen LogP contribution is 2.13. The van der Waals surface area contributed by atoms with Crippen LogP contribution in [0.1, 0.15) is 31.7 Å². The maximum Gasteiger partial charge on any atom is 0.157 e. The molecule has 0 spiro atoms. The van der Waals surface area contributed by atoms with Gasteiger partial charge in [0.15, 0.2) is 6.29 Å². The molecule has 1 unspecified atom stereocenters. The van der Waals surface area contributed by atoms with Crippen LogP contribution < -0.4 is 0 Å². The van der Waals surface area contributed by atoms with E-state index in [2.05, 4.69) is 12.1 Å². The molecule has 1 aromatic rings. The average molecular weight is 294 g/mol. The first-order valence-electron chi connectivity index (χ1n) is 7.81. The summed E-state index contributed by atoms with van der Waals surface area (Å²) in [4.78, 5) is 0. The zero-order valence-electron chi connectivity index (χ0n) is 12.8. The zero-order valence-corrected chi connectivity index (χ0v) is 12.8. The Morgan fingerprint density at radius 2 is 2.05 bits per heavy atom. The molecule has 2 atom stereocenters. The maximum atomic E-state index is 5.67. The van der Waals surface area contributed by atoms with Crippen molar-refractivity contribution in [1.82, 2.24) is 0 Å². The molecule has 2 rings (SSSR count). The van der Waals surface area contributed by atoms with Gasteiger partial charge in [0.05, 0.1) is 32.5 Å². The van der Waals surface area contributed by atoms with Gasteiger partial charge < -0.3 is 18.9 Å². The molecule has 4 nitrogen and oxygen atoms in total. The van der Waals surface area contributed by atoms with Crippen molar-refractivity contribution in [2.45, 2.75) is 45.2 Å². The molecule has 0 aromatic heterocycles. The van der Waals surface area contributed by atoms with Crippen molar-refractivity contribution in [2.75, 3.05) is 26.4 Å². The topological polar surface area (TPSA) is 36.9 Å². The summed E-state index contributed by atoms with van der Waals surface area (Å²) in [5.41, 5.74) is 1.18. The molecule has 1 heterocycles. The lowest BCUT2D eigenvalue weighted by Gasteiger charge is -2.23. The van der Waals surface area contributed by atoms with Gasteiger partial charge >= 0.3 is 0 Å². The van der Waals surface area contributed by atoms with Crippen LogP contribution in [0.4, 0.5) is 0 Å². The van der Waals surface area contributed by atoms with E-state index in [0.717, 1.165) is 19.4 Å². The van der Waals surface area contributed by atoms with Gasteiger partial charge in [0.1, 0.15) is 0 Å². The summed E-state index contributed by atoms with van der Waals surface area (Å²) in [6.45, 7) is 5.20. The van der Waals surface area contributed by atoms with E-state index in [1.165, 1.54) is 12.0 Å². The van der Waals surface area contributed by atoms with Crippen molar-refractivity contribution in [1.29, 1.82) is 0 Å². The molecule has 0 radical (unpaired) electrons. The van der Waals surface area contributed by atoms with E-state index in [1.54, 1.807) is 0 Å². The van der Waals surface area contributed by atoms with Gasteiger partial charge in [-0.2, -0.15) is 0 Å². The normalized spacial score (nSPS) is 20.3. The summed E-state index contributed by atoms with van der Waals surface area (Å²) in [6, 6.07) is 10.2. The highest BCUT2D eigenvalue weighted by Gasteiger charge is 2.13. The van der Waals surface area contributed by atoms with Crippen LogP contribution >= 0.6 is 0 Å². The molecule has 1 fully saturated rings. The second kappa shape index (κ2) is 9.90. The van der Waals surface area contributed by atoms with E-state index in [4.69, 9.17) is 18.9 Å². The summed E-state index contributed by atoms with van der Waals surface area (Å²) < 4.78 is 22.4. The molecule has 0 saturated carbocycles. The third-order valence-corrected chi connectivity index (χ3v) is 3.39. The Kier molecular flexibility index (Phi) is 7.75. The minimum atomic E-state index is -0.0352. The molecule has 21 heavy (non-hydrogen) atoms. The number of benzene rings is 1. The van der Waals surface area contributed by atoms with E-state index in [-0.39, 0.29) is 12.4 Å². The number of hydrogen-bond donors (Lipinski definition) is 0. The van der Waals surface area contributed by atoms with Crippen LogP contribution in [0.5, 0.6) is 0 Å². The third-order valence-electron chi connectivity index (χ3n) is 3.39. The summed E-state index contributed by atoms with van der Waals surface area (Å²) >= 11 is 0. The molecule has 1 aliphatic heterocycles. The largest absolute Gasteiger partial charge is 0.374 e. The van der Waals surface area contributed by atoms with Gasteiger partial charge in [-0.05, 0) is 31.7 Å². The highest BCUT2D eigenvalue weighted by molar-refractivity contribution is 5.13. The first kappa shape index (κ1) is 16.4. The number of hydrogen-bond acceptors (Lipinski definition) is 4. The Bertz CT molecular complexity index is 362. The maximum absolute atomic E-state index is 5.67. The van der Waals surface area contributed by atoms with Crippen LogP contribution in [-0.2, 0) is 25.6 Å².